The van der Waals surface area contributed by atoms with Crippen molar-refractivity contribution < 1.29 is 26.3 Å². The van der Waals surface area contributed by atoms with E-state index in [1.165, 1.54) is 12.1 Å². The molecule has 206 valence electrons. The molecule has 1 aromatic heterocycles. The topological polar surface area (TPSA) is 7.94 Å². The number of alkyl halides is 3. The number of allylic oxidation sites excluding steroid dienone is 3. The third-order valence-electron chi connectivity index (χ3n) is 7.79. The predicted molar refractivity (Wildman–Crippen MR) is 157 cm³/mol. The molecule has 0 saturated heterocycles. The summed E-state index contributed by atoms with van der Waals surface area (Å²) < 4.78 is 79.6. The Morgan fingerprint density at radius 1 is 0.571 bits per heavy atom. The fourth-order valence-electron chi connectivity index (χ4n) is 5.99. The van der Waals surface area contributed by atoms with Gasteiger partial charge in [0.05, 0.1) is 0 Å². The van der Waals surface area contributed by atoms with Gasteiger partial charge in [-0.15, -0.1) is 0 Å². The molecule has 8 heteroatoms. The second-order valence-corrected chi connectivity index (χ2v) is 10.3. The van der Waals surface area contributed by atoms with Crippen LogP contribution in [0.5, 0.6) is 0 Å². The standard InChI is InChI=1S/C34H22BF5N2/c36-34(37,38)32-30-21-20-29(26-14-8-3-9-15-26)41(30)35(39,40)42-31(32)22-28(25-12-6-2-7-13-25)33(42)27-18-16-24(17-19-27)23-10-4-1-5-11-23/h1-22H. The lowest BCUT2D eigenvalue weighted by Crippen LogP contribution is -2.52. The third-order valence-corrected chi connectivity index (χ3v) is 7.79. The summed E-state index contributed by atoms with van der Waals surface area (Å²) in [5.74, 6) is 0. The van der Waals surface area contributed by atoms with Crippen molar-refractivity contribution in [2.45, 2.75) is 6.18 Å². The average Bonchev–Trinajstić information content (AvgIpc) is 3.62. The van der Waals surface area contributed by atoms with Gasteiger partial charge in [-0.1, -0.05) is 103 Å². The molecule has 0 N–H and O–H groups in total. The second-order valence-electron chi connectivity index (χ2n) is 10.3. The normalized spacial score (nSPS) is 15.6. The number of benzene rings is 4. The van der Waals surface area contributed by atoms with Crippen molar-refractivity contribution in [3.05, 3.63) is 150 Å². The number of fused-ring (bicyclic) bond motifs is 2. The fourth-order valence-corrected chi connectivity index (χ4v) is 5.99. The lowest BCUT2D eigenvalue weighted by molar-refractivity contribution is -0.362. The van der Waals surface area contributed by atoms with Crippen LogP contribution in [0.15, 0.2) is 139 Å². The third kappa shape index (κ3) is 4.05. The molecular formula is C34H22BF5N2. The summed E-state index contributed by atoms with van der Waals surface area (Å²) in [6.45, 7) is -4.75. The summed E-state index contributed by atoms with van der Waals surface area (Å²) in [7, 11) is 0. The minimum Gasteiger partial charge on any atom is -0.389 e. The van der Waals surface area contributed by atoms with E-state index in [4.69, 9.17) is 0 Å². The Morgan fingerprint density at radius 2 is 1.07 bits per heavy atom. The van der Waals surface area contributed by atoms with Crippen LogP contribution < -0.4 is 0 Å². The van der Waals surface area contributed by atoms with E-state index < -0.39 is 30.1 Å². The van der Waals surface area contributed by atoms with E-state index in [9.17, 15) is 13.2 Å². The molecule has 0 radical (unpaired) electrons. The number of halogens is 5. The van der Waals surface area contributed by atoms with Gasteiger partial charge in [-0.3, -0.25) is 0 Å². The molecule has 0 saturated carbocycles. The van der Waals surface area contributed by atoms with Gasteiger partial charge in [0.15, 0.2) is 11.4 Å². The van der Waals surface area contributed by atoms with Gasteiger partial charge in [-0.2, -0.15) is 13.2 Å². The van der Waals surface area contributed by atoms with Crippen molar-refractivity contribution in [2.75, 3.05) is 0 Å². The fraction of sp³-hybridized carbons (Fsp3) is 0.0294. The van der Waals surface area contributed by atoms with E-state index in [1.54, 1.807) is 84.9 Å². The lowest BCUT2D eigenvalue weighted by Gasteiger charge is -2.34. The minimum atomic E-state index is -4.89. The zero-order valence-corrected chi connectivity index (χ0v) is 22.1. The van der Waals surface area contributed by atoms with Gasteiger partial charge in [0.1, 0.15) is 5.57 Å². The van der Waals surface area contributed by atoms with Gasteiger partial charge in [0.25, 0.3) is 0 Å². The van der Waals surface area contributed by atoms with E-state index in [2.05, 4.69) is 0 Å². The Bertz CT molecular complexity index is 1900. The molecule has 0 spiro atoms. The van der Waals surface area contributed by atoms with Gasteiger partial charge < -0.3 is 17.6 Å². The molecule has 2 nitrogen and oxygen atoms in total. The van der Waals surface area contributed by atoms with Crippen molar-refractivity contribution in [3.8, 4) is 33.5 Å². The van der Waals surface area contributed by atoms with Crippen LogP contribution in [-0.2, 0) is 0 Å². The Labute approximate surface area is 239 Å². The first-order valence-corrected chi connectivity index (χ1v) is 13.5. The second kappa shape index (κ2) is 9.55. The number of hydrogen-bond acceptors (Lipinski definition) is 0. The van der Waals surface area contributed by atoms with Crippen LogP contribution in [-0.4, -0.2) is 27.8 Å². The van der Waals surface area contributed by atoms with Gasteiger partial charge in [-0.25, -0.2) is 0 Å². The van der Waals surface area contributed by atoms with E-state index in [0.29, 0.717) is 31.2 Å². The average molecular weight is 564 g/mol. The molecule has 4 aromatic carbocycles. The van der Waals surface area contributed by atoms with Crippen LogP contribution in [0.1, 0.15) is 11.3 Å². The summed E-state index contributed by atoms with van der Waals surface area (Å²) >= 11 is 0. The molecule has 2 aliphatic heterocycles. The molecule has 0 aliphatic carbocycles. The monoisotopic (exact) mass is 564 g/mol. The lowest BCUT2D eigenvalue weighted by atomic mass is 9.86. The Balaban J connectivity index is 1.54. The summed E-state index contributed by atoms with van der Waals surface area (Å²) in [5, 5.41) is 0. The van der Waals surface area contributed by atoms with E-state index in [1.807, 2.05) is 30.3 Å². The van der Waals surface area contributed by atoms with Crippen molar-refractivity contribution in [1.29, 1.82) is 0 Å². The van der Waals surface area contributed by atoms with Gasteiger partial charge >= 0.3 is 13.1 Å². The molecule has 0 bridgehead atoms. The maximum Gasteiger partial charge on any atom is 0.737 e. The molecule has 0 amide bonds. The molecule has 0 fully saturated rings. The number of aromatic nitrogens is 1. The summed E-state index contributed by atoms with van der Waals surface area (Å²) in [5.41, 5.74) is 1.28. The Kier molecular flexibility index (Phi) is 5.90. The van der Waals surface area contributed by atoms with E-state index in [0.717, 1.165) is 17.2 Å². The molecule has 42 heavy (non-hydrogen) atoms. The highest BCUT2D eigenvalue weighted by Gasteiger charge is 2.59. The van der Waals surface area contributed by atoms with Crippen LogP contribution >= 0.6 is 0 Å². The molecule has 0 unspecified atom stereocenters. The SMILES string of the molecule is F[B-]1(F)n2c(cc(-c3ccccc3)c2-c2ccc(-c3ccccc3)cc2)C(C(F)(F)F)=C2C=CC(c3ccccc3)=[N+]21. The Hall–Kier alpha value is -4.98. The molecule has 2 aliphatic rings. The number of nitrogens with zero attached hydrogens (tertiary/aromatic N) is 2. The van der Waals surface area contributed by atoms with E-state index >= 15 is 8.63 Å². The summed E-state index contributed by atoms with van der Waals surface area (Å²) in [6, 6.07) is 34.8. The molecule has 0 atom stereocenters. The summed E-state index contributed by atoms with van der Waals surface area (Å²) in [4.78, 5) is 0. The predicted octanol–water partition coefficient (Wildman–Crippen LogP) is 9.07. The molecule has 5 aromatic rings. The zero-order chi connectivity index (χ0) is 29.1. The van der Waals surface area contributed by atoms with Crippen molar-refractivity contribution >= 4 is 18.3 Å². The van der Waals surface area contributed by atoms with Gasteiger partial charge in [-0.05, 0) is 40.5 Å². The van der Waals surface area contributed by atoms with Gasteiger partial charge in [0, 0.05) is 34.7 Å². The van der Waals surface area contributed by atoms with Crippen molar-refractivity contribution in [1.82, 2.24) is 4.48 Å². The van der Waals surface area contributed by atoms with Gasteiger partial charge in [0.2, 0.25) is 0 Å². The number of hydrogen-bond donors (Lipinski definition) is 0. The van der Waals surface area contributed by atoms with Crippen LogP contribution in [0.25, 0.3) is 39.1 Å². The van der Waals surface area contributed by atoms with Crippen LogP contribution in [0.3, 0.4) is 0 Å². The largest absolute Gasteiger partial charge is 0.737 e. The molecule has 3 heterocycles. The maximum atomic E-state index is 17.0. The van der Waals surface area contributed by atoms with Crippen LogP contribution in [0.2, 0.25) is 0 Å². The van der Waals surface area contributed by atoms with Crippen molar-refractivity contribution in [3.63, 3.8) is 0 Å². The van der Waals surface area contributed by atoms with Crippen LogP contribution in [0.4, 0.5) is 21.8 Å². The quantitative estimate of drug-likeness (QED) is 0.152. The van der Waals surface area contributed by atoms with Crippen LogP contribution in [0, 0.1) is 0 Å². The highest BCUT2D eigenvalue weighted by Crippen LogP contribution is 2.49. The molecular weight excluding hydrogens is 542 g/mol. The summed E-state index contributed by atoms with van der Waals surface area (Å²) in [6.07, 6.45) is -2.41. The maximum absolute atomic E-state index is 17.0. The first-order chi connectivity index (χ1) is 20.2. The Morgan fingerprint density at radius 3 is 1.64 bits per heavy atom. The zero-order valence-electron chi connectivity index (χ0n) is 22.1. The number of rotatable bonds is 4. The van der Waals surface area contributed by atoms with E-state index in [-0.39, 0.29) is 11.4 Å². The first-order valence-electron chi connectivity index (χ1n) is 13.5. The minimum absolute atomic E-state index is 0.0170. The first kappa shape index (κ1) is 26.0. The smallest absolute Gasteiger partial charge is 0.389 e. The highest BCUT2D eigenvalue weighted by molar-refractivity contribution is 6.59. The van der Waals surface area contributed by atoms with Crippen molar-refractivity contribution in [2.24, 2.45) is 0 Å². The molecule has 7 rings (SSSR count). The highest BCUT2D eigenvalue weighted by atomic mass is 19.4.